The molecule has 3 aromatic carbocycles. The Morgan fingerprint density at radius 3 is 1.96 bits per heavy atom. The van der Waals surface area contributed by atoms with Gasteiger partial charge in [0, 0.05) is 23.0 Å². The summed E-state index contributed by atoms with van der Waals surface area (Å²) in [4.78, 5) is 12.1. The van der Waals surface area contributed by atoms with Crippen LogP contribution in [0.4, 0.5) is 24.5 Å². The van der Waals surface area contributed by atoms with Crippen molar-refractivity contribution in [1.82, 2.24) is 0 Å². The zero-order chi connectivity index (χ0) is 20.3. The Labute approximate surface area is 158 Å². The minimum Gasteiger partial charge on any atom is -0.322 e. The lowest BCUT2D eigenvalue weighted by Crippen LogP contribution is -2.15. The van der Waals surface area contributed by atoms with Crippen LogP contribution < -0.4 is 10.0 Å². The van der Waals surface area contributed by atoms with Crippen LogP contribution in [-0.2, 0) is 10.0 Å². The van der Waals surface area contributed by atoms with Crippen molar-refractivity contribution in [2.75, 3.05) is 10.0 Å². The first-order valence-electron chi connectivity index (χ1n) is 7.89. The van der Waals surface area contributed by atoms with Gasteiger partial charge in [-0.2, -0.15) is 0 Å². The highest BCUT2D eigenvalue weighted by molar-refractivity contribution is 7.92. The Morgan fingerprint density at radius 1 is 0.750 bits per heavy atom. The van der Waals surface area contributed by atoms with Crippen LogP contribution >= 0.6 is 0 Å². The third-order valence-corrected chi connectivity index (χ3v) is 5.10. The fourth-order valence-corrected chi connectivity index (χ4v) is 3.35. The van der Waals surface area contributed by atoms with Gasteiger partial charge in [-0.15, -0.1) is 0 Å². The molecule has 5 nitrogen and oxygen atoms in total. The molecule has 0 aliphatic rings. The first-order chi connectivity index (χ1) is 13.2. The normalized spacial score (nSPS) is 11.1. The minimum absolute atomic E-state index is 0.0542. The molecule has 0 heterocycles. The molecule has 0 spiro atoms. The smallest absolute Gasteiger partial charge is 0.261 e. The molecule has 9 heteroatoms. The number of rotatable bonds is 5. The summed E-state index contributed by atoms with van der Waals surface area (Å²) in [5.74, 6) is -3.27. The number of hydrogen-bond acceptors (Lipinski definition) is 3. The molecule has 0 unspecified atom stereocenters. The van der Waals surface area contributed by atoms with Gasteiger partial charge in [-0.05, 0) is 60.7 Å². The first kappa shape index (κ1) is 19.4. The largest absolute Gasteiger partial charge is 0.322 e. The summed E-state index contributed by atoms with van der Waals surface area (Å²) in [6.07, 6.45) is 0. The van der Waals surface area contributed by atoms with Gasteiger partial charge in [-0.1, -0.05) is 0 Å². The maximum atomic E-state index is 13.2. The van der Waals surface area contributed by atoms with Crippen molar-refractivity contribution in [3.05, 3.63) is 89.7 Å². The van der Waals surface area contributed by atoms with Crippen molar-refractivity contribution in [2.45, 2.75) is 4.90 Å². The highest BCUT2D eigenvalue weighted by Crippen LogP contribution is 2.18. The van der Waals surface area contributed by atoms with E-state index in [9.17, 15) is 26.4 Å². The molecule has 0 fully saturated rings. The lowest BCUT2D eigenvalue weighted by atomic mass is 10.2. The molecule has 1 amide bonds. The van der Waals surface area contributed by atoms with Crippen molar-refractivity contribution in [3.63, 3.8) is 0 Å². The fraction of sp³-hybridized carbons (Fsp3) is 0. The van der Waals surface area contributed by atoms with Crippen LogP contribution in [0.3, 0.4) is 0 Å². The molecular weight excluding hydrogens is 393 g/mol. The SMILES string of the molecule is O=C(Nc1ccc(F)c(F)c1)c1ccc(S(=O)(=O)Nc2ccc(F)cc2)cc1. The summed E-state index contributed by atoms with van der Waals surface area (Å²) in [7, 11) is -3.93. The average molecular weight is 406 g/mol. The summed E-state index contributed by atoms with van der Waals surface area (Å²) in [5, 5.41) is 2.38. The lowest BCUT2D eigenvalue weighted by molar-refractivity contribution is 0.102. The van der Waals surface area contributed by atoms with E-state index in [0.29, 0.717) is 0 Å². The maximum absolute atomic E-state index is 13.2. The quantitative estimate of drug-likeness (QED) is 0.668. The predicted octanol–water partition coefficient (Wildman–Crippen LogP) is 4.16. The Balaban J connectivity index is 1.73. The molecule has 3 rings (SSSR count). The van der Waals surface area contributed by atoms with E-state index in [4.69, 9.17) is 0 Å². The maximum Gasteiger partial charge on any atom is 0.261 e. The summed E-state index contributed by atoms with van der Waals surface area (Å²) in [5.41, 5.74) is 0.352. The van der Waals surface area contributed by atoms with E-state index in [1.807, 2.05) is 0 Å². The molecule has 144 valence electrons. The summed E-state index contributed by atoms with van der Waals surface area (Å²) < 4.78 is 66.0. The van der Waals surface area contributed by atoms with Crippen LogP contribution in [0.2, 0.25) is 0 Å². The second-order valence-corrected chi connectivity index (χ2v) is 7.40. The number of nitrogens with one attached hydrogen (secondary N) is 2. The molecule has 0 saturated carbocycles. The van der Waals surface area contributed by atoms with Gasteiger partial charge in [0.25, 0.3) is 15.9 Å². The van der Waals surface area contributed by atoms with Crippen molar-refractivity contribution < 1.29 is 26.4 Å². The molecular formula is C19H13F3N2O3S. The van der Waals surface area contributed by atoms with E-state index < -0.39 is 33.4 Å². The molecule has 28 heavy (non-hydrogen) atoms. The van der Waals surface area contributed by atoms with Gasteiger partial charge in [-0.25, -0.2) is 21.6 Å². The van der Waals surface area contributed by atoms with Crippen molar-refractivity contribution >= 4 is 27.3 Å². The predicted molar refractivity (Wildman–Crippen MR) is 98.0 cm³/mol. The minimum atomic E-state index is -3.93. The van der Waals surface area contributed by atoms with Gasteiger partial charge in [0.1, 0.15) is 5.82 Å². The van der Waals surface area contributed by atoms with Gasteiger partial charge in [0.15, 0.2) is 11.6 Å². The second kappa shape index (κ2) is 7.73. The number of halogens is 3. The molecule has 2 N–H and O–H groups in total. The van der Waals surface area contributed by atoms with E-state index in [1.54, 1.807) is 0 Å². The van der Waals surface area contributed by atoms with Gasteiger partial charge in [0.2, 0.25) is 0 Å². The fourth-order valence-electron chi connectivity index (χ4n) is 2.29. The second-order valence-electron chi connectivity index (χ2n) is 5.72. The zero-order valence-electron chi connectivity index (χ0n) is 14.1. The van der Waals surface area contributed by atoms with E-state index >= 15 is 0 Å². The van der Waals surface area contributed by atoms with Crippen LogP contribution in [-0.4, -0.2) is 14.3 Å². The lowest BCUT2D eigenvalue weighted by Gasteiger charge is -2.09. The molecule has 0 atom stereocenters. The molecule has 0 bridgehead atoms. The highest BCUT2D eigenvalue weighted by atomic mass is 32.2. The van der Waals surface area contributed by atoms with Crippen molar-refractivity contribution in [3.8, 4) is 0 Å². The molecule has 0 aliphatic carbocycles. The molecule has 0 aliphatic heterocycles. The Hall–Kier alpha value is -3.33. The summed E-state index contributed by atoms with van der Waals surface area (Å²) in [6, 6.07) is 12.7. The van der Waals surface area contributed by atoms with Crippen molar-refractivity contribution in [2.24, 2.45) is 0 Å². The van der Waals surface area contributed by atoms with Gasteiger partial charge in [-0.3, -0.25) is 9.52 Å². The van der Waals surface area contributed by atoms with E-state index in [2.05, 4.69) is 10.0 Å². The number of hydrogen-bond donors (Lipinski definition) is 2. The summed E-state index contributed by atoms with van der Waals surface area (Å²) in [6.45, 7) is 0. The van der Waals surface area contributed by atoms with Crippen LogP contribution in [0.25, 0.3) is 0 Å². The van der Waals surface area contributed by atoms with E-state index in [-0.39, 0.29) is 21.8 Å². The summed E-state index contributed by atoms with van der Waals surface area (Å²) >= 11 is 0. The van der Waals surface area contributed by atoms with Crippen molar-refractivity contribution in [1.29, 1.82) is 0 Å². The number of carbonyl (C=O) groups excluding carboxylic acids is 1. The van der Waals surface area contributed by atoms with Crippen LogP contribution in [0.5, 0.6) is 0 Å². The Kier molecular flexibility index (Phi) is 5.36. The van der Waals surface area contributed by atoms with Gasteiger partial charge >= 0.3 is 0 Å². The monoisotopic (exact) mass is 406 g/mol. The molecule has 0 aromatic heterocycles. The van der Waals surface area contributed by atoms with Crippen LogP contribution in [0.1, 0.15) is 10.4 Å². The van der Waals surface area contributed by atoms with Crippen LogP contribution in [0.15, 0.2) is 71.6 Å². The number of anilines is 2. The molecule has 0 saturated heterocycles. The number of carbonyl (C=O) groups is 1. The Morgan fingerprint density at radius 2 is 1.36 bits per heavy atom. The average Bonchev–Trinajstić information content (AvgIpc) is 2.66. The number of sulfonamides is 1. The topological polar surface area (TPSA) is 75.3 Å². The van der Waals surface area contributed by atoms with E-state index in [1.165, 1.54) is 42.5 Å². The molecule has 3 aromatic rings. The number of benzene rings is 3. The highest BCUT2D eigenvalue weighted by Gasteiger charge is 2.16. The first-order valence-corrected chi connectivity index (χ1v) is 9.38. The standard InChI is InChI=1S/C19H13F3N2O3S/c20-13-3-5-14(6-4-13)24-28(26,27)16-8-1-12(2-9-16)19(25)23-15-7-10-17(21)18(22)11-15/h1-11,24H,(H,23,25). The third kappa shape index (κ3) is 4.49. The number of amides is 1. The third-order valence-electron chi connectivity index (χ3n) is 3.70. The van der Waals surface area contributed by atoms with Gasteiger partial charge < -0.3 is 5.32 Å². The molecule has 0 radical (unpaired) electrons. The Bertz CT molecular complexity index is 1120. The zero-order valence-corrected chi connectivity index (χ0v) is 14.9. The van der Waals surface area contributed by atoms with Crippen LogP contribution in [0, 0.1) is 17.5 Å². The van der Waals surface area contributed by atoms with Gasteiger partial charge in [0.05, 0.1) is 4.90 Å². The van der Waals surface area contributed by atoms with E-state index in [0.717, 1.165) is 24.3 Å².